The molecule has 1 heterocycles. The Balaban J connectivity index is 1.42. The van der Waals surface area contributed by atoms with Crippen molar-refractivity contribution in [2.24, 2.45) is 0 Å². The number of hydrogen-bond donors (Lipinski definition) is 1. The maximum Gasteiger partial charge on any atom is 0.260 e. The van der Waals surface area contributed by atoms with Crippen molar-refractivity contribution in [2.45, 2.75) is 45.4 Å². The number of carbonyl (C=O) groups excluding carboxylic acids is 1. The van der Waals surface area contributed by atoms with E-state index in [-0.39, 0.29) is 17.8 Å². The van der Waals surface area contributed by atoms with E-state index in [1.165, 1.54) is 12.1 Å². The number of halogens is 1. The first kappa shape index (κ1) is 19.4. The lowest BCUT2D eigenvalue weighted by molar-refractivity contribution is -0.128. The van der Waals surface area contributed by atoms with Gasteiger partial charge in [-0.2, -0.15) is 0 Å². The van der Waals surface area contributed by atoms with Gasteiger partial charge in [-0.05, 0) is 56.5 Å². The van der Waals surface area contributed by atoms with E-state index in [1.54, 1.807) is 6.92 Å². The van der Waals surface area contributed by atoms with Crippen molar-refractivity contribution in [3.8, 4) is 5.75 Å². The first-order chi connectivity index (χ1) is 13.0. The molecule has 0 saturated carbocycles. The summed E-state index contributed by atoms with van der Waals surface area (Å²) in [5, 5.41) is 3.10. The monoisotopic (exact) mass is 370 g/mol. The Labute approximate surface area is 160 Å². The third-order valence-electron chi connectivity index (χ3n) is 4.96. The molecule has 1 saturated heterocycles. The van der Waals surface area contributed by atoms with Gasteiger partial charge in [-0.3, -0.25) is 9.69 Å². The minimum Gasteiger partial charge on any atom is -0.481 e. The molecule has 1 aliphatic rings. The fraction of sp³-hybridized carbons (Fsp3) is 0.409. The van der Waals surface area contributed by atoms with Crippen molar-refractivity contribution in [3.05, 3.63) is 65.5 Å². The van der Waals surface area contributed by atoms with Crippen molar-refractivity contribution < 1.29 is 13.9 Å². The van der Waals surface area contributed by atoms with Crippen molar-refractivity contribution >= 4 is 5.91 Å². The quantitative estimate of drug-likeness (QED) is 0.843. The van der Waals surface area contributed by atoms with Crippen LogP contribution in [0.5, 0.6) is 5.75 Å². The van der Waals surface area contributed by atoms with E-state index in [0.717, 1.165) is 43.6 Å². The van der Waals surface area contributed by atoms with E-state index in [2.05, 4.69) is 10.2 Å². The van der Waals surface area contributed by atoms with Crippen LogP contribution in [0.15, 0.2) is 48.5 Å². The van der Waals surface area contributed by atoms with Crippen LogP contribution >= 0.6 is 0 Å². The summed E-state index contributed by atoms with van der Waals surface area (Å²) in [5.74, 6) is 0.423. The van der Waals surface area contributed by atoms with Gasteiger partial charge >= 0.3 is 0 Å². The second-order valence-corrected chi connectivity index (χ2v) is 7.26. The first-order valence-electron chi connectivity index (χ1n) is 9.50. The van der Waals surface area contributed by atoms with Gasteiger partial charge in [-0.15, -0.1) is 0 Å². The molecule has 1 atom stereocenters. The molecule has 5 heteroatoms. The Morgan fingerprint density at radius 1 is 1.15 bits per heavy atom. The normalized spacial score (nSPS) is 16.7. The average Bonchev–Trinajstić information content (AvgIpc) is 2.67. The molecule has 3 rings (SSSR count). The summed E-state index contributed by atoms with van der Waals surface area (Å²) in [6.07, 6.45) is 1.29. The molecule has 0 radical (unpaired) electrons. The topological polar surface area (TPSA) is 41.6 Å². The van der Waals surface area contributed by atoms with Crippen LogP contribution in [0.1, 0.15) is 30.9 Å². The Hall–Kier alpha value is -2.40. The molecule has 1 amide bonds. The van der Waals surface area contributed by atoms with Crippen LogP contribution < -0.4 is 10.1 Å². The van der Waals surface area contributed by atoms with Gasteiger partial charge in [-0.25, -0.2) is 4.39 Å². The van der Waals surface area contributed by atoms with Gasteiger partial charge in [0.25, 0.3) is 5.91 Å². The van der Waals surface area contributed by atoms with Gasteiger partial charge in [0.2, 0.25) is 0 Å². The van der Waals surface area contributed by atoms with Crippen molar-refractivity contribution in [2.75, 3.05) is 13.1 Å². The van der Waals surface area contributed by atoms with E-state index in [9.17, 15) is 9.18 Å². The first-order valence-corrected chi connectivity index (χ1v) is 9.50. The van der Waals surface area contributed by atoms with Gasteiger partial charge in [0, 0.05) is 25.7 Å². The molecule has 2 aromatic carbocycles. The van der Waals surface area contributed by atoms with E-state index in [4.69, 9.17) is 4.74 Å². The maximum atomic E-state index is 13.0. The lowest BCUT2D eigenvalue weighted by Gasteiger charge is -2.32. The Bertz CT molecular complexity index is 738. The number of nitrogens with zero attached hydrogens (tertiary/aromatic N) is 1. The summed E-state index contributed by atoms with van der Waals surface area (Å²) in [7, 11) is 0. The summed E-state index contributed by atoms with van der Waals surface area (Å²) in [6, 6.07) is 14.5. The highest BCUT2D eigenvalue weighted by Crippen LogP contribution is 2.16. The highest BCUT2D eigenvalue weighted by atomic mass is 19.1. The smallest absolute Gasteiger partial charge is 0.260 e. The largest absolute Gasteiger partial charge is 0.481 e. The zero-order chi connectivity index (χ0) is 19.2. The van der Waals surface area contributed by atoms with Crippen molar-refractivity contribution in [3.63, 3.8) is 0 Å². The second kappa shape index (κ2) is 9.00. The molecule has 27 heavy (non-hydrogen) atoms. The highest BCUT2D eigenvalue weighted by Gasteiger charge is 2.23. The van der Waals surface area contributed by atoms with Crippen LogP contribution in [0.25, 0.3) is 0 Å². The third-order valence-corrected chi connectivity index (χ3v) is 4.96. The van der Waals surface area contributed by atoms with Gasteiger partial charge in [0.05, 0.1) is 0 Å². The van der Waals surface area contributed by atoms with Gasteiger partial charge in [0.15, 0.2) is 6.10 Å². The summed E-state index contributed by atoms with van der Waals surface area (Å²) in [5.41, 5.74) is 2.27. The molecule has 1 unspecified atom stereocenters. The minimum atomic E-state index is -0.523. The van der Waals surface area contributed by atoms with E-state index in [0.29, 0.717) is 5.75 Å². The van der Waals surface area contributed by atoms with Crippen LogP contribution in [-0.2, 0) is 11.3 Å². The van der Waals surface area contributed by atoms with Crippen LogP contribution in [-0.4, -0.2) is 36.0 Å². The summed E-state index contributed by atoms with van der Waals surface area (Å²) >= 11 is 0. The molecular weight excluding hydrogens is 343 g/mol. The number of likely N-dealkylation sites (tertiary alicyclic amines) is 1. The Morgan fingerprint density at radius 2 is 1.78 bits per heavy atom. The van der Waals surface area contributed by atoms with Gasteiger partial charge in [0.1, 0.15) is 11.6 Å². The summed E-state index contributed by atoms with van der Waals surface area (Å²) < 4.78 is 18.7. The van der Waals surface area contributed by atoms with E-state index >= 15 is 0 Å². The zero-order valence-corrected chi connectivity index (χ0v) is 16.0. The maximum absolute atomic E-state index is 13.0. The fourth-order valence-corrected chi connectivity index (χ4v) is 3.28. The van der Waals surface area contributed by atoms with Crippen LogP contribution in [0, 0.1) is 12.7 Å². The molecule has 2 aromatic rings. The third kappa shape index (κ3) is 5.79. The number of piperidine rings is 1. The zero-order valence-electron chi connectivity index (χ0n) is 16.0. The molecule has 1 fully saturated rings. The molecular formula is C22H27FN2O2. The number of amides is 1. The number of hydrogen-bond acceptors (Lipinski definition) is 3. The summed E-state index contributed by atoms with van der Waals surface area (Å²) in [4.78, 5) is 14.7. The summed E-state index contributed by atoms with van der Waals surface area (Å²) in [6.45, 7) is 6.43. The number of nitrogens with one attached hydrogen (secondary N) is 1. The molecule has 0 aliphatic carbocycles. The Morgan fingerprint density at radius 3 is 2.41 bits per heavy atom. The lowest BCUT2D eigenvalue weighted by atomic mass is 10.0. The number of rotatable bonds is 6. The molecule has 0 aromatic heterocycles. The standard InChI is InChI=1S/C22H27FN2O2/c1-16-3-9-21(10-4-16)27-17(2)22(26)24-20-11-13-25(14-12-20)15-18-5-7-19(23)8-6-18/h3-10,17,20H,11-15H2,1-2H3,(H,24,26). The SMILES string of the molecule is Cc1ccc(OC(C)C(=O)NC2CCN(Cc3ccc(F)cc3)CC2)cc1. The van der Waals surface area contributed by atoms with Gasteiger partial charge < -0.3 is 10.1 Å². The number of carbonyl (C=O) groups is 1. The molecule has 144 valence electrons. The average molecular weight is 370 g/mol. The van der Waals surface area contributed by atoms with Crippen molar-refractivity contribution in [1.82, 2.24) is 10.2 Å². The number of aryl methyl sites for hydroxylation is 1. The van der Waals surface area contributed by atoms with Crippen LogP contribution in [0.4, 0.5) is 4.39 Å². The van der Waals surface area contributed by atoms with E-state index < -0.39 is 6.10 Å². The van der Waals surface area contributed by atoms with Crippen molar-refractivity contribution in [1.29, 1.82) is 0 Å². The fourth-order valence-electron chi connectivity index (χ4n) is 3.28. The predicted molar refractivity (Wildman–Crippen MR) is 104 cm³/mol. The highest BCUT2D eigenvalue weighted by molar-refractivity contribution is 5.81. The molecule has 1 N–H and O–H groups in total. The molecule has 0 bridgehead atoms. The number of benzene rings is 2. The predicted octanol–water partition coefficient (Wildman–Crippen LogP) is 3.68. The molecule has 1 aliphatic heterocycles. The number of ether oxygens (including phenoxy) is 1. The molecule has 4 nitrogen and oxygen atoms in total. The van der Waals surface area contributed by atoms with E-state index in [1.807, 2.05) is 43.3 Å². The lowest BCUT2D eigenvalue weighted by Crippen LogP contribution is -2.47. The Kier molecular flexibility index (Phi) is 6.45. The van der Waals surface area contributed by atoms with Gasteiger partial charge in [-0.1, -0.05) is 29.8 Å². The van der Waals surface area contributed by atoms with Crippen LogP contribution in [0.2, 0.25) is 0 Å². The van der Waals surface area contributed by atoms with Crippen LogP contribution in [0.3, 0.4) is 0 Å². The second-order valence-electron chi connectivity index (χ2n) is 7.26. The minimum absolute atomic E-state index is 0.0763. The molecule has 0 spiro atoms.